The maximum Gasteiger partial charge on any atom is 0.217 e. The van der Waals surface area contributed by atoms with Crippen molar-refractivity contribution in [2.45, 2.75) is 38.5 Å². The van der Waals surface area contributed by atoms with Crippen LogP contribution in [-0.2, 0) is 0 Å². The number of thiophene rings is 1. The molecule has 0 aliphatic carbocycles. The van der Waals surface area contributed by atoms with Gasteiger partial charge in [0.05, 0.1) is 28.8 Å². The van der Waals surface area contributed by atoms with Crippen LogP contribution in [0, 0.1) is 0 Å². The van der Waals surface area contributed by atoms with Crippen molar-refractivity contribution in [3.63, 3.8) is 0 Å². The second-order valence-corrected chi connectivity index (χ2v) is 8.32. The zero-order valence-electron chi connectivity index (χ0n) is 16.5. The van der Waals surface area contributed by atoms with Gasteiger partial charge in [-0.15, -0.1) is 11.3 Å². The number of nitrogens with zero attached hydrogens (tertiary/aromatic N) is 2. The average molecular weight is 405 g/mol. The Morgan fingerprint density at radius 2 is 1.90 bits per heavy atom. The first-order chi connectivity index (χ1) is 14.3. The molecule has 0 fully saturated rings. The zero-order chi connectivity index (χ0) is 19.6. The molecule has 2 aliphatic heterocycles. The predicted octanol–water partition coefficient (Wildman–Crippen LogP) is 6.17. The highest BCUT2D eigenvalue weighted by molar-refractivity contribution is 7.12. The van der Waals surface area contributed by atoms with Crippen LogP contribution in [0.15, 0.2) is 71.1 Å². The molecule has 0 radical (unpaired) electrons. The van der Waals surface area contributed by atoms with Crippen molar-refractivity contribution in [2.24, 2.45) is 5.10 Å². The smallest absolute Gasteiger partial charge is 0.217 e. The second-order valence-electron chi connectivity index (χ2n) is 7.37. The molecule has 0 amide bonds. The molecule has 0 saturated heterocycles. The van der Waals surface area contributed by atoms with Crippen molar-refractivity contribution in [2.75, 3.05) is 6.61 Å². The third-order valence-electron chi connectivity index (χ3n) is 5.45. The van der Waals surface area contributed by atoms with Gasteiger partial charge >= 0.3 is 0 Å². The molecule has 0 unspecified atom stereocenters. The zero-order valence-corrected chi connectivity index (χ0v) is 17.3. The maximum absolute atomic E-state index is 6.49. The number of ether oxygens (including phenoxy) is 2. The van der Waals surface area contributed by atoms with E-state index in [2.05, 4.69) is 53.7 Å². The Morgan fingerprint density at radius 3 is 2.72 bits per heavy atom. The van der Waals surface area contributed by atoms with E-state index >= 15 is 0 Å². The first kappa shape index (κ1) is 18.3. The summed E-state index contributed by atoms with van der Waals surface area (Å²) >= 11 is 1.74. The van der Waals surface area contributed by atoms with Gasteiger partial charge in [-0.3, -0.25) is 0 Å². The Morgan fingerprint density at radius 1 is 1.07 bits per heavy atom. The summed E-state index contributed by atoms with van der Waals surface area (Å²) in [5.74, 6) is 1.81. The lowest BCUT2D eigenvalue weighted by molar-refractivity contribution is -0.0206. The fourth-order valence-corrected chi connectivity index (χ4v) is 4.69. The minimum Gasteiger partial charge on any atom is -0.493 e. The van der Waals surface area contributed by atoms with Crippen LogP contribution in [0.1, 0.15) is 54.5 Å². The van der Waals surface area contributed by atoms with E-state index in [9.17, 15) is 0 Å². The predicted molar refractivity (Wildman–Crippen MR) is 117 cm³/mol. The van der Waals surface area contributed by atoms with E-state index in [1.807, 2.05) is 24.3 Å². The van der Waals surface area contributed by atoms with E-state index in [0.717, 1.165) is 42.0 Å². The Balaban J connectivity index is 1.55. The Hall–Kier alpha value is -2.79. The monoisotopic (exact) mass is 404 g/mol. The summed E-state index contributed by atoms with van der Waals surface area (Å²) in [6.45, 7) is 2.88. The fraction of sp³-hybridized carbons (Fsp3) is 0.292. The molecule has 148 valence electrons. The lowest BCUT2D eigenvalue weighted by Crippen LogP contribution is -2.34. The lowest BCUT2D eigenvalue weighted by Gasteiger charge is -2.38. The van der Waals surface area contributed by atoms with Crippen LogP contribution in [0.3, 0.4) is 0 Å². The summed E-state index contributed by atoms with van der Waals surface area (Å²) in [5.41, 5.74) is 3.35. The third-order valence-corrected chi connectivity index (χ3v) is 6.36. The van der Waals surface area contributed by atoms with Crippen molar-refractivity contribution in [1.82, 2.24) is 5.01 Å². The van der Waals surface area contributed by atoms with Gasteiger partial charge in [-0.05, 0) is 36.1 Å². The lowest BCUT2D eigenvalue weighted by atomic mass is 9.97. The Labute approximate surface area is 175 Å². The van der Waals surface area contributed by atoms with Crippen LogP contribution in [-0.4, -0.2) is 17.3 Å². The molecule has 2 aliphatic rings. The fourth-order valence-electron chi connectivity index (χ4n) is 3.97. The number of fused-ring (bicyclic) bond motifs is 3. The molecule has 3 heterocycles. The van der Waals surface area contributed by atoms with E-state index in [4.69, 9.17) is 14.6 Å². The van der Waals surface area contributed by atoms with Crippen molar-refractivity contribution in [3.05, 3.63) is 82.0 Å². The molecule has 5 heteroatoms. The molecule has 0 N–H and O–H groups in total. The number of rotatable bonds is 6. The highest BCUT2D eigenvalue weighted by Gasteiger charge is 2.41. The summed E-state index contributed by atoms with van der Waals surface area (Å²) < 4.78 is 12.6. The van der Waals surface area contributed by atoms with E-state index < -0.39 is 0 Å². The first-order valence-corrected chi connectivity index (χ1v) is 11.1. The van der Waals surface area contributed by atoms with Crippen LogP contribution in [0.25, 0.3) is 0 Å². The quantitative estimate of drug-likeness (QED) is 0.461. The van der Waals surface area contributed by atoms with Gasteiger partial charge in [0.2, 0.25) is 6.23 Å². The molecule has 29 heavy (non-hydrogen) atoms. The number of hydrogen-bond acceptors (Lipinski definition) is 5. The average Bonchev–Trinajstić information content (AvgIpc) is 3.44. The van der Waals surface area contributed by atoms with Gasteiger partial charge in [0, 0.05) is 12.0 Å². The van der Waals surface area contributed by atoms with Gasteiger partial charge in [0.15, 0.2) is 0 Å². The van der Waals surface area contributed by atoms with Crippen LogP contribution >= 0.6 is 11.3 Å². The van der Waals surface area contributed by atoms with E-state index in [1.54, 1.807) is 11.3 Å². The minimum atomic E-state index is -0.301. The standard InChI is InChI=1S/C24H24N2O2S/c1-2-3-14-27-21-11-6-5-10-18(21)24-26-20(17-9-4-7-12-22(17)28-24)16-19(25-26)23-13-8-15-29-23/h4-13,15,20,24H,2-3,14,16H2,1H3/t20-,24-/m1/s1. The second kappa shape index (κ2) is 7.91. The highest BCUT2D eigenvalue weighted by Crippen LogP contribution is 2.48. The van der Waals surface area contributed by atoms with Crippen molar-refractivity contribution in [3.8, 4) is 11.5 Å². The van der Waals surface area contributed by atoms with Crippen LogP contribution in [0.2, 0.25) is 0 Å². The summed E-state index contributed by atoms with van der Waals surface area (Å²) in [5, 5.41) is 9.26. The SMILES string of the molecule is CCCCOc1ccccc1[C@H]1Oc2ccccc2[C@H]2CC(c3cccs3)=NN21. The maximum atomic E-state index is 6.49. The number of unbranched alkanes of at least 4 members (excludes halogenated alkanes) is 1. The van der Waals surface area contributed by atoms with Gasteiger partial charge in [0.1, 0.15) is 11.5 Å². The van der Waals surface area contributed by atoms with Gasteiger partial charge in [0.25, 0.3) is 0 Å². The first-order valence-electron chi connectivity index (χ1n) is 10.2. The van der Waals surface area contributed by atoms with E-state index in [-0.39, 0.29) is 12.3 Å². The number of para-hydroxylation sites is 2. The van der Waals surface area contributed by atoms with Gasteiger partial charge in [-0.1, -0.05) is 49.7 Å². The van der Waals surface area contributed by atoms with Crippen LogP contribution < -0.4 is 9.47 Å². The molecule has 2 aromatic carbocycles. The number of benzene rings is 2. The Kier molecular flexibility index (Phi) is 4.98. The number of hydrazone groups is 1. The minimum absolute atomic E-state index is 0.172. The van der Waals surface area contributed by atoms with E-state index in [0.29, 0.717) is 6.61 Å². The third kappa shape index (κ3) is 3.40. The molecule has 3 aromatic rings. The van der Waals surface area contributed by atoms with Crippen LogP contribution in [0.5, 0.6) is 11.5 Å². The van der Waals surface area contributed by atoms with Crippen molar-refractivity contribution >= 4 is 17.0 Å². The normalized spacial score (nSPS) is 19.9. The molecule has 2 atom stereocenters. The largest absolute Gasteiger partial charge is 0.493 e. The molecular weight excluding hydrogens is 380 g/mol. The summed E-state index contributed by atoms with van der Waals surface area (Å²) in [6.07, 6.45) is 2.73. The van der Waals surface area contributed by atoms with Gasteiger partial charge in [-0.25, -0.2) is 5.01 Å². The van der Waals surface area contributed by atoms with Crippen LogP contribution in [0.4, 0.5) is 0 Å². The van der Waals surface area contributed by atoms with Gasteiger partial charge < -0.3 is 9.47 Å². The molecule has 5 rings (SSSR count). The van der Waals surface area contributed by atoms with Crippen molar-refractivity contribution in [1.29, 1.82) is 0 Å². The van der Waals surface area contributed by atoms with E-state index in [1.165, 1.54) is 10.4 Å². The number of hydrogen-bond donors (Lipinski definition) is 0. The highest BCUT2D eigenvalue weighted by atomic mass is 32.1. The summed E-state index contributed by atoms with van der Waals surface area (Å²) in [7, 11) is 0. The summed E-state index contributed by atoms with van der Waals surface area (Å²) in [6, 6.07) is 20.9. The van der Waals surface area contributed by atoms with Gasteiger partial charge in [-0.2, -0.15) is 5.10 Å². The molecule has 0 spiro atoms. The molecule has 1 aromatic heterocycles. The van der Waals surface area contributed by atoms with Crippen molar-refractivity contribution < 1.29 is 9.47 Å². The Bertz CT molecular complexity index is 1020. The molecule has 0 saturated carbocycles. The topological polar surface area (TPSA) is 34.1 Å². The molecule has 0 bridgehead atoms. The molecular formula is C24H24N2O2S. The molecule has 4 nitrogen and oxygen atoms in total. The summed E-state index contributed by atoms with van der Waals surface area (Å²) in [4.78, 5) is 1.23.